The largest absolute Gasteiger partial charge is 0.389 e. The van der Waals surface area contributed by atoms with Crippen molar-refractivity contribution >= 4 is 11.6 Å². The highest BCUT2D eigenvalue weighted by Crippen LogP contribution is 2.15. The standard InChI is InChI=1S/C15H22ClNO4/c16-15-4-2-1-3-12(15)9-20-10-13(18)7-17-8-14-11-19-5-6-21-14/h1-4,13-14,17-18H,5-11H2. The predicted octanol–water partition coefficient (Wildman–Crippen LogP) is 1.22. The monoisotopic (exact) mass is 315 g/mol. The molecule has 2 rings (SSSR count). The molecular weight excluding hydrogens is 294 g/mol. The second-order valence-corrected chi connectivity index (χ2v) is 5.39. The van der Waals surface area contributed by atoms with E-state index in [0.29, 0.717) is 44.5 Å². The lowest BCUT2D eigenvalue weighted by Gasteiger charge is -2.23. The van der Waals surface area contributed by atoms with Gasteiger partial charge >= 0.3 is 0 Å². The molecule has 1 saturated heterocycles. The van der Waals surface area contributed by atoms with E-state index in [1.165, 1.54) is 0 Å². The Hall–Kier alpha value is -0.690. The molecule has 0 aromatic heterocycles. The molecule has 1 heterocycles. The summed E-state index contributed by atoms with van der Waals surface area (Å²) in [5.41, 5.74) is 0.923. The van der Waals surface area contributed by atoms with Gasteiger partial charge in [-0.1, -0.05) is 29.8 Å². The molecule has 1 aliphatic heterocycles. The highest BCUT2D eigenvalue weighted by Gasteiger charge is 2.14. The van der Waals surface area contributed by atoms with Gasteiger partial charge in [0.2, 0.25) is 0 Å². The maximum atomic E-state index is 9.83. The van der Waals surface area contributed by atoms with Crippen LogP contribution in [0.4, 0.5) is 0 Å². The zero-order chi connectivity index (χ0) is 14.9. The van der Waals surface area contributed by atoms with Crippen molar-refractivity contribution in [1.82, 2.24) is 5.32 Å². The molecule has 1 aromatic rings. The molecule has 0 spiro atoms. The number of nitrogens with one attached hydrogen (secondary N) is 1. The lowest BCUT2D eigenvalue weighted by Crippen LogP contribution is -2.40. The summed E-state index contributed by atoms with van der Waals surface area (Å²) in [5.74, 6) is 0. The van der Waals surface area contributed by atoms with Gasteiger partial charge in [0.15, 0.2) is 0 Å². The summed E-state index contributed by atoms with van der Waals surface area (Å²) in [4.78, 5) is 0. The number of hydrogen-bond donors (Lipinski definition) is 2. The summed E-state index contributed by atoms with van der Waals surface area (Å²) in [6.07, 6.45) is -0.494. The van der Waals surface area contributed by atoms with Crippen LogP contribution >= 0.6 is 11.6 Å². The van der Waals surface area contributed by atoms with Crippen LogP contribution in [0, 0.1) is 0 Å². The Morgan fingerprint density at radius 1 is 1.38 bits per heavy atom. The fraction of sp³-hybridized carbons (Fsp3) is 0.600. The predicted molar refractivity (Wildman–Crippen MR) is 80.5 cm³/mol. The summed E-state index contributed by atoms with van der Waals surface area (Å²) < 4.78 is 16.3. The topological polar surface area (TPSA) is 60.0 Å². The third-order valence-electron chi connectivity index (χ3n) is 3.16. The summed E-state index contributed by atoms with van der Waals surface area (Å²) >= 11 is 6.03. The van der Waals surface area contributed by atoms with E-state index in [2.05, 4.69) is 5.32 Å². The first-order chi connectivity index (χ1) is 10.3. The van der Waals surface area contributed by atoms with E-state index in [9.17, 15) is 5.11 Å². The average molecular weight is 316 g/mol. The third-order valence-corrected chi connectivity index (χ3v) is 3.53. The van der Waals surface area contributed by atoms with Crippen molar-refractivity contribution in [2.24, 2.45) is 0 Å². The van der Waals surface area contributed by atoms with Gasteiger partial charge in [-0.25, -0.2) is 0 Å². The zero-order valence-corrected chi connectivity index (χ0v) is 12.7. The molecule has 6 heteroatoms. The maximum absolute atomic E-state index is 9.83. The molecule has 1 aliphatic rings. The van der Waals surface area contributed by atoms with E-state index >= 15 is 0 Å². The maximum Gasteiger partial charge on any atom is 0.0933 e. The molecule has 0 radical (unpaired) electrons. The van der Waals surface area contributed by atoms with Gasteiger partial charge in [0.05, 0.1) is 45.2 Å². The zero-order valence-electron chi connectivity index (χ0n) is 12.0. The van der Waals surface area contributed by atoms with Crippen molar-refractivity contribution in [1.29, 1.82) is 0 Å². The summed E-state index contributed by atoms with van der Waals surface area (Å²) in [6, 6.07) is 7.52. The molecule has 5 nitrogen and oxygen atoms in total. The van der Waals surface area contributed by atoms with Gasteiger partial charge in [0.1, 0.15) is 0 Å². The first-order valence-corrected chi connectivity index (χ1v) is 7.53. The van der Waals surface area contributed by atoms with Crippen LogP contribution in [-0.2, 0) is 20.8 Å². The summed E-state index contributed by atoms with van der Waals surface area (Å²) in [5, 5.41) is 13.7. The molecule has 21 heavy (non-hydrogen) atoms. The van der Waals surface area contributed by atoms with Crippen LogP contribution in [0.2, 0.25) is 5.02 Å². The van der Waals surface area contributed by atoms with Crippen LogP contribution in [0.15, 0.2) is 24.3 Å². The second-order valence-electron chi connectivity index (χ2n) is 4.99. The van der Waals surface area contributed by atoms with Crippen LogP contribution < -0.4 is 5.32 Å². The number of hydrogen-bond acceptors (Lipinski definition) is 5. The molecule has 0 saturated carbocycles. The van der Waals surface area contributed by atoms with E-state index in [4.69, 9.17) is 25.8 Å². The fourth-order valence-electron chi connectivity index (χ4n) is 2.04. The Morgan fingerprint density at radius 3 is 3.00 bits per heavy atom. The third kappa shape index (κ3) is 6.30. The van der Waals surface area contributed by atoms with Crippen LogP contribution in [0.3, 0.4) is 0 Å². The van der Waals surface area contributed by atoms with Gasteiger partial charge in [-0.15, -0.1) is 0 Å². The molecule has 2 unspecified atom stereocenters. The number of aliphatic hydroxyl groups excluding tert-OH is 1. The van der Waals surface area contributed by atoms with Gasteiger partial charge in [-0.05, 0) is 11.6 Å². The number of benzene rings is 1. The molecule has 2 atom stereocenters. The molecule has 0 aliphatic carbocycles. The number of ether oxygens (including phenoxy) is 3. The molecule has 1 aromatic carbocycles. The Kier molecular flexibility index (Phi) is 7.43. The van der Waals surface area contributed by atoms with Crippen molar-refractivity contribution in [2.75, 3.05) is 39.5 Å². The van der Waals surface area contributed by atoms with Crippen LogP contribution in [0.5, 0.6) is 0 Å². The molecule has 0 amide bonds. The molecule has 0 bridgehead atoms. The van der Waals surface area contributed by atoms with E-state index in [1.807, 2.05) is 24.3 Å². The highest BCUT2D eigenvalue weighted by molar-refractivity contribution is 6.31. The Morgan fingerprint density at radius 2 is 2.24 bits per heavy atom. The average Bonchev–Trinajstić information content (AvgIpc) is 2.50. The Labute approximate surface area is 130 Å². The highest BCUT2D eigenvalue weighted by atomic mass is 35.5. The van der Waals surface area contributed by atoms with E-state index in [0.717, 1.165) is 5.56 Å². The SMILES string of the molecule is OC(CNCC1COCCO1)COCc1ccccc1Cl. The second kappa shape index (κ2) is 9.35. The first kappa shape index (κ1) is 16.7. The van der Waals surface area contributed by atoms with E-state index in [-0.39, 0.29) is 12.7 Å². The van der Waals surface area contributed by atoms with Gasteiger partial charge in [0, 0.05) is 18.1 Å². The normalized spacial score (nSPS) is 20.4. The van der Waals surface area contributed by atoms with E-state index in [1.54, 1.807) is 0 Å². The lowest BCUT2D eigenvalue weighted by molar-refractivity contribution is -0.0871. The first-order valence-electron chi connectivity index (χ1n) is 7.15. The molecule has 2 N–H and O–H groups in total. The van der Waals surface area contributed by atoms with Crippen molar-refractivity contribution in [3.63, 3.8) is 0 Å². The minimum atomic E-state index is -0.558. The number of aliphatic hydroxyl groups is 1. The minimum absolute atomic E-state index is 0.0648. The van der Waals surface area contributed by atoms with Crippen molar-refractivity contribution < 1.29 is 19.3 Å². The number of rotatable bonds is 8. The van der Waals surface area contributed by atoms with Gasteiger partial charge in [0.25, 0.3) is 0 Å². The van der Waals surface area contributed by atoms with Gasteiger partial charge in [-0.2, -0.15) is 0 Å². The molecule has 1 fully saturated rings. The number of halogens is 1. The summed E-state index contributed by atoms with van der Waals surface area (Å²) in [6.45, 7) is 3.69. The Bertz CT molecular complexity index is 412. The van der Waals surface area contributed by atoms with Crippen LogP contribution in [0.1, 0.15) is 5.56 Å². The van der Waals surface area contributed by atoms with Crippen LogP contribution in [-0.4, -0.2) is 56.8 Å². The van der Waals surface area contributed by atoms with Crippen LogP contribution in [0.25, 0.3) is 0 Å². The quantitative estimate of drug-likeness (QED) is 0.755. The molecular formula is C15H22ClNO4. The van der Waals surface area contributed by atoms with Gasteiger partial charge in [-0.3, -0.25) is 0 Å². The minimum Gasteiger partial charge on any atom is -0.389 e. The van der Waals surface area contributed by atoms with Crippen molar-refractivity contribution in [3.05, 3.63) is 34.9 Å². The van der Waals surface area contributed by atoms with Crippen molar-refractivity contribution in [2.45, 2.75) is 18.8 Å². The molecule has 118 valence electrons. The Balaban J connectivity index is 1.55. The van der Waals surface area contributed by atoms with Crippen molar-refractivity contribution in [3.8, 4) is 0 Å². The van der Waals surface area contributed by atoms with Gasteiger partial charge < -0.3 is 24.6 Å². The smallest absolute Gasteiger partial charge is 0.0933 e. The van der Waals surface area contributed by atoms with E-state index < -0.39 is 6.10 Å². The fourth-order valence-corrected chi connectivity index (χ4v) is 2.23. The lowest BCUT2D eigenvalue weighted by atomic mass is 10.2. The summed E-state index contributed by atoms with van der Waals surface area (Å²) in [7, 11) is 0.